The molecule has 19 heavy (non-hydrogen) atoms. The highest BCUT2D eigenvalue weighted by atomic mass is 14.2. The summed E-state index contributed by atoms with van der Waals surface area (Å²) < 4.78 is 0. The van der Waals surface area contributed by atoms with E-state index in [0.29, 0.717) is 5.92 Å². The summed E-state index contributed by atoms with van der Waals surface area (Å²) in [5.74, 6) is 0.367. The molecule has 0 heteroatoms. The molecule has 0 N–H and O–H groups in total. The molecule has 2 aromatic rings. The maximum atomic E-state index is 4.11. The normalized spacial score (nSPS) is 10.9. The minimum absolute atomic E-state index is 0.367. The molecule has 0 aromatic heterocycles. The van der Waals surface area contributed by atoms with Crippen molar-refractivity contribution >= 4 is 10.8 Å². The second kappa shape index (κ2) is 5.44. The summed E-state index contributed by atoms with van der Waals surface area (Å²) in [6.07, 6.45) is 0.992. The van der Waals surface area contributed by atoms with Crippen LogP contribution < -0.4 is 0 Å². The first kappa shape index (κ1) is 13.6. The SMILES string of the molecule is C=C(C)C(Cc1ccc(C)c2ccccc12)C(=C)C. The van der Waals surface area contributed by atoms with Gasteiger partial charge in [0, 0.05) is 5.92 Å². The standard InChI is InChI=1S/C19H22/c1-13(2)19(14(3)4)12-16-11-10-15(5)17-8-6-7-9-18(16)17/h6-11,19H,1,3,12H2,2,4-5H3. The predicted molar refractivity (Wildman–Crippen MR) is 85.5 cm³/mol. The zero-order valence-corrected chi connectivity index (χ0v) is 12.2. The summed E-state index contributed by atoms with van der Waals surface area (Å²) in [5, 5.41) is 2.71. The van der Waals surface area contributed by atoms with Gasteiger partial charge in [0.25, 0.3) is 0 Å². The monoisotopic (exact) mass is 250 g/mol. The fourth-order valence-corrected chi connectivity index (χ4v) is 2.68. The van der Waals surface area contributed by atoms with E-state index in [4.69, 9.17) is 0 Å². The number of hydrogen-bond acceptors (Lipinski definition) is 0. The molecular formula is C19H22. The van der Waals surface area contributed by atoms with E-state index in [2.05, 4.69) is 70.3 Å². The Morgan fingerprint density at radius 3 is 2.11 bits per heavy atom. The van der Waals surface area contributed by atoms with Gasteiger partial charge in [-0.05, 0) is 49.1 Å². The minimum atomic E-state index is 0.367. The Morgan fingerprint density at radius 1 is 0.947 bits per heavy atom. The van der Waals surface area contributed by atoms with Crippen LogP contribution in [-0.2, 0) is 6.42 Å². The zero-order chi connectivity index (χ0) is 14.0. The fourth-order valence-electron chi connectivity index (χ4n) is 2.68. The molecule has 0 heterocycles. The van der Waals surface area contributed by atoms with Crippen LogP contribution in [0.5, 0.6) is 0 Å². The van der Waals surface area contributed by atoms with Crippen LogP contribution in [0.25, 0.3) is 10.8 Å². The zero-order valence-electron chi connectivity index (χ0n) is 12.2. The highest BCUT2D eigenvalue weighted by molar-refractivity contribution is 5.88. The molecule has 0 aliphatic rings. The molecular weight excluding hydrogens is 228 g/mol. The Labute approximate surface area is 116 Å². The molecule has 2 rings (SSSR count). The van der Waals surface area contributed by atoms with E-state index >= 15 is 0 Å². The molecule has 0 aliphatic carbocycles. The van der Waals surface area contributed by atoms with Gasteiger partial charge in [-0.25, -0.2) is 0 Å². The lowest BCUT2D eigenvalue weighted by Crippen LogP contribution is -2.07. The maximum Gasteiger partial charge on any atom is 0.00366 e. The molecule has 0 saturated carbocycles. The van der Waals surface area contributed by atoms with E-state index in [9.17, 15) is 0 Å². The van der Waals surface area contributed by atoms with Gasteiger partial charge in [-0.3, -0.25) is 0 Å². The van der Waals surface area contributed by atoms with E-state index in [1.807, 2.05) is 0 Å². The molecule has 98 valence electrons. The lowest BCUT2D eigenvalue weighted by Gasteiger charge is -2.19. The molecule has 0 bridgehead atoms. The number of allylic oxidation sites excluding steroid dienone is 2. The van der Waals surface area contributed by atoms with Crippen LogP contribution in [0.2, 0.25) is 0 Å². The Hall–Kier alpha value is -1.82. The van der Waals surface area contributed by atoms with E-state index in [1.54, 1.807) is 0 Å². The van der Waals surface area contributed by atoms with Gasteiger partial charge < -0.3 is 0 Å². The molecule has 0 saturated heterocycles. The third-order valence-electron chi connectivity index (χ3n) is 3.85. The Kier molecular flexibility index (Phi) is 3.90. The van der Waals surface area contributed by atoms with Gasteiger partial charge in [-0.2, -0.15) is 0 Å². The number of fused-ring (bicyclic) bond motifs is 1. The lowest BCUT2D eigenvalue weighted by atomic mass is 9.86. The number of rotatable bonds is 4. The summed E-state index contributed by atoms with van der Waals surface area (Å²) in [7, 11) is 0. The van der Waals surface area contributed by atoms with Gasteiger partial charge in [0.2, 0.25) is 0 Å². The van der Waals surface area contributed by atoms with Gasteiger partial charge >= 0.3 is 0 Å². The molecule has 0 unspecified atom stereocenters. The maximum absolute atomic E-state index is 4.11. The third-order valence-corrected chi connectivity index (χ3v) is 3.85. The Morgan fingerprint density at radius 2 is 1.53 bits per heavy atom. The van der Waals surface area contributed by atoms with Gasteiger partial charge in [-0.1, -0.05) is 60.7 Å². The molecule has 0 amide bonds. The predicted octanol–water partition coefficient (Wildman–Crippen LogP) is 5.46. The van der Waals surface area contributed by atoms with Crippen LogP contribution in [0.3, 0.4) is 0 Å². The summed E-state index contributed by atoms with van der Waals surface area (Å²) >= 11 is 0. The van der Waals surface area contributed by atoms with Crippen molar-refractivity contribution < 1.29 is 0 Å². The second-order valence-electron chi connectivity index (χ2n) is 5.54. The topological polar surface area (TPSA) is 0 Å². The van der Waals surface area contributed by atoms with E-state index < -0.39 is 0 Å². The first-order valence-corrected chi connectivity index (χ1v) is 6.78. The summed E-state index contributed by atoms with van der Waals surface area (Å²) in [5.41, 5.74) is 5.10. The van der Waals surface area contributed by atoms with Crippen molar-refractivity contribution in [3.8, 4) is 0 Å². The van der Waals surface area contributed by atoms with Crippen LogP contribution >= 0.6 is 0 Å². The van der Waals surface area contributed by atoms with E-state index in [0.717, 1.165) is 6.42 Å². The van der Waals surface area contributed by atoms with Gasteiger partial charge in [0.15, 0.2) is 0 Å². The highest BCUT2D eigenvalue weighted by Gasteiger charge is 2.13. The number of hydrogen-bond donors (Lipinski definition) is 0. The van der Waals surface area contributed by atoms with E-state index in [1.165, 1.54) is 33.0 Å². The molecule has 0 atom stereocenters. The van der Waals surface area contributed by atoms with Crippen LogP contribution in [0, 0.1) is 12.8 Å². The average molecular weight is 250 g/mol. The molecule has 0 fully saturated rings. The summed E-state index contributed by atoms with van der Waals surface area (Å²) in [6, 6.07) is 13.1. The number of benzene rings is 2. The van der Waals surface area contributed by atoms with Crippen molar-refractivity contribution in [1.29, 1.82) is 0 Å². The van der Waals surface area contributed by atoms with Crippen molar-refractivity contribution in [1.82, 2.24) is 0 Å². The summed E-state index contributed by atoms with van der Waals surface area (Å²) in [6.45, 7) is 14.6. The van der Waals surface area contributed by atoms with Crippen molar-refractivity contribution in [3.63, 3.8) is 0 Å². The average Bonchev–Trinajstić information content (AvgIpc) is 2.37. The van der Waals surface area contributed by atoms with Crippen LogP contribution in [0.15, 0.2) is 60.7 Å². The van der Waals surface area contributed by atoms with Crippen molar-refractivity contribution in [2.45, 2.75) is 27.2 Å². The summed E-state index contributed by atoms with van der Waals surface area (Å²) in [4.78, 5) is 0. The van der Waals surface area contributed by atoms with Crippen LogP contribution in [-0.4, -0.2) is 0 Å². The molecule has 0 nitrogen and oxygen atoms in total. The van der Waals surface area contributed by atoms with Crippen molar-refractivity contribution in [2.75, 3.05) is 0 Å². The molecule has 0 aliphatic heterocycles. The largest absolute Gasteiger partial charge is 0.0995 e. The fraction of sp³-hybridized carbons (Fsp3) is 0.263. The van der Waals surface area contributed by atoms with Gasteiger partial charge in [0.1, 0.15) is 0 Å². The van der Waals surface area contributed by atoms with Gasteiger partial charge in [-0.15, -0.1) is 0 Å². The Balaban J connectivity index is 2.49. The third kappa shape index (κ3) is 2.78. The lowest BCUT2D eigenvalue weighted by molar-refractivity contribution is 0.716. The molecule has 0 spiro atoms. The van der Waals surface area contributed by atoms with Crippen molar-refractivity contribution in [3.05, 3.63) is 71.8 Å². The minimum Gasteiger partial charge on any atom is -0.0995 e. The quantitative estimate of drug-likeness (QED) is 0.632. The first-order chi connectivity index (χ1) is 9.00. The second-order valence-corrected chi connectivity index (χ2v) is 5.54. The smallest absolute Gasteiger partial charge is 0.00366 e. The van der Waals surface area contributed by atoms with Crippen molar-refractivity contribution in [2.24, 2.45) is 5.92 Å². The van der Waals surface area contributed by atoms with E-state index in [-0.39, 0.29) is 0 Å². The molecule has 0 radical (unpaired) electrons. The first-order valence-electron chi connectivity index (χ1n) is 6.78. The molecule has 2 aromatic carbocycles. The van der Waals surface area contributed by atoms with Gasteiger partial charge in [0.05, 0.1) is 0 Å². The van der Waals surface area contributed by atoms with Crippen LogP contribution in [0.4, 0.5) is 0 Å². The Bertz CT molecular complexity index is 618. The number of aryl methyl sites for hydroxylation is 1. The highest BCUT2D eigenvalue weighted by Crippen LogP contribution is 2.28. The van der Waals surface area contributed by atoms with Crippen LogP contribution in [0.1, 0.15) is 25.0 Å².